The van der Waals surface area contributed by atoms with Gasteiger partial charge in [0.05, 0.1) is 5.69 Å². The predicted octanol–water partition coefficient (Wildman–Crippen LogP) is 2.34. The molecule has 0 bridgehead atoms. The van der Waals surface area contributed by atoms with Crippen molar-refractivity contribution < 1.29 is 4.79 Å². The van der Waals surface area contributed by atoms with Crippen molar-refractivity contribution in [1.29, 1.82) is 0 Å². The lowest BCUT2D eigenvalue weighted by molar-refractivity contribution is -0.128. The summed E-state index contributed by atoms with van der Waals surface area (Å²) >= 11 is 0. The molecule has 0 aliphatic heterocycles. The molecule has 19 heavy (non-hydrogen) atoms. The van der Waals surface area contributed by atoms with Gasteiger partial charge in [0.1, 0.15) is 5.78 Å². The van der Waals surface area contributed by atoms with Crippen LogP contribution >= 0.6 is 0 Å². The zero-order valence-corrected chi connectivity index (χ0v) is 12.7. The van der Waals surface area contributed by atoms with Gasteiger partial charge in [-0.3, -0.25) is 9.48 Å². The molecule has 108 valence electrons. The number of rotatable bonds is 8. The number of aryl methyl sites for hydroxylation is 2. The fourth-order valence-corrected chi connectivity index (χ4v) is 2.50. The fraction of sp³-hybridized carbons (Fsp3) is 0.733. The molecule has 1 heterocycles. The third-order valence-electron chi connectivity index (χ3n) is 4.25. The third kappa shape index (κ3) is 3.24. The minimum Gasteiger partial charge on any atom is -0.329 e. The van der Waals surface area contributed by atoms with Gasteiger partial charge in [0.2, 0.25) is 0 Å². The Morgan fingerprint density at radius 1 is 1.32 bits per heavy atom. The second-order valence-electron chi connectivity index (χ2n) is 5.09. The van der Waals surface area contributed by atoms with Crippen LogP contribution in [0, 0.1) is 5.41 Å². The minimum atomic E-state index is -0.366. The molecule has 0 amide bonds. The summed E-state index contributed by atoms with van der Waals surface area (Å²) in [7, 11) is 0. The standard InChI is InChI=1S/C15H27N3O/c1-5-12-9-13(18(8-4)17-12)10-14(19)15(6-2,7-3)11-16/h9H,5-8,10-11,16H2,1-4H3. The number of nitrogens with zero attached hydrogens (tertiary/aromatic N) is 2. The van der Waals surface area contributed by atoms with E-state index in [1.807, 2.05) is 24.6 Å². The molecular formula is C15H27N3O. The Morgan fingerprint density at radius 3 is 2.37 bits per heavy atom. The lowest BCUT2D eigenvalue weighted by Gasteiger charge is -2.28. The van der Waals surface area contributed by atoms with Gasteiger partial charge in [-0.05, 0) is 32.3 Å². The van der Waals surface area contributed by atoms with Crippen LogP contribution in [0.1, 0.15) is 51.9 Å². The Balaban J connectivity index is 2.95. The lowest BCUT2D eigenvalue weighted by atomic mass is 9.77. The molecular weight excluding hydrogens is 238 g/mol. The zero-order chi connectivity index (χ0) is 14.5. The van der Waals surface area contributed by atoms with Crippen LogP contribution in [-0.4, -0.2) is 22.1 Å². The molecule has 0 unspecified atom stereocenters. The Morgan fingerprint density at radius 2 is 1.95 bits per heavy atom. The molecule has 1 rings (SSSR count). The summed E-state index contributed by atoms with van der Waals surface area (Å²) in [5, 5.41) is 4.49. The first-order valence-corrected chi connectivity index (χ1v) is 7.35. The zero-order valence-electron chi connectivity index (χ0n) is 12.7. The molecule has 0 spiro atoms. The van der Waals surface area contributed by atoms with Crippen LogP contribution in [0.4, 0.5) is 0 Å². The van der Waals surface area contributed by atoms with E-state index in [2.05, 4.69) is 18.9 Å². The van der Waals surface area contributed by atoms with Crippen molar-refractivity contribution in [3.8, 4) is 0 Å². The highest BCUT2D eigenvalue weighted by molar-refractivity contribution is 5.86. The smallest absolute Gasteiger partial charge is 0.146 e. The van der Waals surface area contributed by atoms with E-state index in [1.165, 1.54) is 0 Å². The summed E-state index contributed by atoms with van der Waals surface area (Å²) in [5.74, 6) is 0.247. The van der Waals surface area contributed by atoms with Crippen LogP contribution < -0.4 is 5.73 Å². The normalized spacial score (nSPS) is 11.8. The molecule has 0 saturated carbocycles. The van der Waals surface area contributed by atoms with Crippen molar-refractivity contribution in [1.82, 2.24) is 9.78 Å². The summed E-state index contributed by atoms with van der Waals surface area (Å²) in [6.07, 6.45) is 2.96. The maximum Gasteiger partial charge on any atom is 0.146 e. The molecule has 0 aromatic carbocycles. The van der Waals surface area contributed by atoms with Gasteiger partial charge in [0.25, 0.3) is 0 Å². The van der Waals surface area contributed by atoms with Crippen molar-refractivity contribution in [3.05, 3.63) is 17.5 Å². The van der Waals surface area contributed by atoms with Gasteiger partial charge in [0, 0.05) is 30.6 Å². The number of ketones is 1. The first-order chi connectivity index (χ1) is 9.06. The third-order valence-corrected chi connectivity index (χ3v) is 4.25. The molecule has 1 aromatic heterocycles. The SMILES string of the molecule is CCc1cc(CC(=O)C(CC)(CC)CN)n(CC)n1. The maximum atomic E-state index is 12.6. The molecule has 0 radical (unpaired) electrons. The monoisotopic (exact) mass is 265 g/mol. The minimum absolute atomic E-state index is 0.247. The highest BCUT2D eigenvalue weighted by atomic mass is 16.1. The summed E-state index contributed by atoms with van der Waals surface area (Å²) in [4.78, 5) is 12.6. The van der Waals surface area contributed by atoms with Crippen LogP contribution in [0.3, 0.4) is 0 Å². The second-order valence-corrected chi connectivity index (χ2v) is 5.09. The number of Topliss-reactive ketones (excluding diaryl/α,β-unsaturated/α-hetero) is 1. The number of aromatic nitrogens is 2. The van der Waals surface area contributed by atoms with Gasteiger partial charge in [-0.2, -0.15) is 5.10 Å². The Kier molecular flexibility index (Phi) is 5.73. The number of nitrogens with two attached hydrogens (primary N) is 1. The largest absolute Gasteiger partial charge is 0.329 e. The number of carbonyl (C=O) groups excluding carboxylic acids is 1. The van der Waals surface area contributed by atoms with Gasteiger partial charge in [-0.1, -0.05) is 20.8 Å². The molecule has 0 aliphatic rings. The summed E-state index contributed by atoms with van der Waals surface area (Å²) in [6.45, 7) is 9.45. The van der Waals surface area contributed by atoms with Crippen molar-refractivity contribution >= 4 is 5.78 Å². The van der Waals surface area contributed by atoms with Gasteiger partial charge in [0.15, 0.2) is 0 Å². The second kappa shape index (κ2) is 6.85. The molecule has 1 aromatic rings. The Labute approximate surface area is 116 Å². The van der Waals surface area contributed by atoms with E-state index in [-0.39, 0.29) is 11.2 Å². The molecule has 0 fully saturated rings. The molecule has 0 aliphatic carbocycles. The first-order valence-electron chi connectivity index (χ1n) is 7.35. The van der Waals surface area contributed by atoms with E-state index in [0.717, 1.165) is 37.2 Å². The quantitative estimate of drug-likeness (QED) is 0.785. The van der Waals surface area contributed by atoms with E-state index in [4.69, 9.17) is 5.73 Å². The maximum absolute atomic E-state index is 12.6. The van der Waals surface area contributed by atoms with E-state index < -0.39 is 0 Å². The molecule has 0 saturated heterocycles. The van der Waals surface area contributed by atoms with E-state index in [9.17, 15) is 4.79 Å². The van der Waals surface area contributed by atoms with Crippen molar-refractivity contribution in [2.24, 2.45) is 11.1 Å². The van der Waals surface area contributed by atoms with Gasteiger partial charge in [-0.15, -0.1) is 0 Å². The molecule has 4 nitrogen and oxygen atoms in total. The first kappa shape index (κ1) is 15.9. The Bertz CT molecular complexity index is 411. The topological polar surface area (TPSA) is 60.9 Å². The van der Waals surface area contributed by atoms with Crippen LogP contribution in [-0.2, 0) is 24.2 Å². The van der Waals surface area contributed by atoms with Crippen molar-refractivity contribution in [3.63, 3.8) is 0 Å². The average Bonchev–Trinajstić information content (AvgIpc) is 2.83. The average molecular weight is 265 g/mol. The highest BCUT2D eigenvalue weighted by Crippen LogP contribution is 2.28. The summed E-state index contributed by atoms with van der Waals surface area (Å²) in [5.41, 5.74) is 7.55. The molecule has 2 N–H and O–H groups in total. The molecule has 4 heteroatoms. The van der Waals surface area contributed by atoms with Crippen LogP contribution in [0.2, 0.25) is 0 Å². The van der Waals surface area contributed by atoms with Crippen LogP contribution in [0.25, 0.3) is 0 Å². The van der Waals surface area contributed by atoms with E-state index in [1.54, 1.807) is 0 Å². The predicted molar refractivity (Wildman–Crippen MR) is 78.1 cm³/mol. The van der Waals surface area contributed by atoms with Gasteiger partial charge >= 0.3 is 0 Å². The number of hydrogen-bond acceptors (Lipinski definition) is 3. The van der Waals surface area contributed by atoms with Crippen molar-refractivity contribution in [2.45, 2.75) is 59.9 Å². The Hall–Kier alpha value is -1.16. The number of hydrogen-bond donors (Lipinski definition) is 1. The number of carbonyl (C=O) groups is 1. The van der Waals surface area contributed by atoms with E-state index in [0.29, 0.717) is 13.0 Å². The highest BCUT2D eigenvalue weighted by Gasteiger charge is 2.33. The molecule has 0 atom stereocenters. The van der Waals surface area contributed by atoms with Crippen LogP contribution in [0.15, 0.2) is 6.07 Å². The summed E-state index contributed by atoms with van der Waals surface area (Å²) < 4.78 is 1.93. The lowest BCUT2D eigenvalue weighted by Crippen LogP contribution is -2.39. The van der Waals surface area contributed by atoms with Gasteiger partial charge in [-0.25, -0.2) is 0 Å². The fourth-order valence-electron chi connectivity index (χ4n) is 2.50. The van der Waals surface area contributed by atoms with Gasteiger partial charge < -0.3 is 5.73 Å². The van der Waals surface area contributed by atoms with Crippen LogP contribution in [0.5, 0.6) is 0 Å². The van der Waals surface area contributed by atoms with E-state index >= 15 is 0 Å². The van der Waals surface area contributed by atoms with Crippen molar-refractivity contribution in [2.75, 3.05) is 6.54 Å². The summed E-state index contributed by atoms with van der Waals surface area (Å²) in [6, 6.07) is 2.05.